The number of halogens is 4. The number of hydrogen-bond donors (Lipinski definition) is 0. The highest BCUT2D eigenvalue weighted by Crippen LogP contribution is 2.32. The van der Waals surface area contributed by atoms with Gasteiger partial charge in [0.05, 0.1) is 18.8 Å². The van der Waals surface area contributed by atoms with E-state index in [1.54, 1.807) is 6.07 Å². The quantitative estimate of drug-likeness (QED) is 0.156. The third-order valence-electron chi connectivity index (χ3n) is 3.91. The highest BCUT2D eigenvalue weighted by Gasteiger charge is 2.11. The third-order valence-corrected chi connectivity index (χ3v) is 6.37. The number of nitriles is 1. The molecule has 0 saturated heterocycles. The van der Waals surface area contributed by atoms with E-state index in [9.17, 15) is 5.26 Å². The van der Waals surface area contributed by atoms with Crippen molar-refractivity contribution in [1.82, 2.24) is 0 Å². The molecule has 3 rings (SSSR count). The van der Waals surface area contributed by atoms with Crippen LogP contribution >= 0.6 is 72.7 Å². The van der Waals surface area contributed by atoms with Gasteiger partial charge < -0.3 is 4.74 Å². The van der Waals surface area contributed by atoms with Crippen LogP contribution in [0, 0.1) is 18.5 Å². The molecule has 0 fully saturated rings. The minimum absolute atomic E-state index is 0.498. The topological polar surface area (TPSA) is 33.0 Å². The second-order valence-electron chi connectivity index (χ2n) is 5.88. The van der Waals surface area contributed by atoms with Crippen LogP contribution in [0.25, 0.3) is 11.6 Å². The Bertz CT molecular complexity index is 1050. The maximum atomic E-state index is 9.58. The van der Waals surface area contributed by atoms with Gasteiger partial charge in [0.25, 0.3) is 0 Å². The van der Waals surface area contributed by atoms with Crippen molar-refractivity contribution in [2.75, 3.05) is 0 Å². The van der Waals surface area contributed by atoms with Gasteiger partial charge in [0.15, 0.2) is 0 Å². The SMILES string of the molecule is N#CC(=Cc1cc(I)c(OCc2ccc(Br)cc2)c(I)c1)c1ccccc1Cl. The molecule has 0 heterocycles. The summed E-state index contributed by atoms with van der Waals surface area (Å²) in [6.45, 7) is 0.498. The summed E-state index contributed by atoms with van der Waals surface area (Å²) >= 11 is 14.2. The predicted molar refractivity (Wildman–Crippen MR) is 135 cm³/mol. The maximum Gasteiger partial charge on any atom is 0.146 e. The molecular formula is C22H13BrClI2NO. The molecule has 0 amide bonds. The van der Waals surface area contributed by atoms with Gasteiger partial charge in [0, 0.05) is 15.1 Å². The molecule has 0 bridgehead atoms. The lowest BCUT2D eigenvalue weighted by Crippen LogP contribution is -1.99. The van der Waals surface area contributed by atoms with E-state index in [2.05, 4.69) is 67.2 Å². The molecule has 0 unspecified atom stereocenters. The molecule has 2 nitrogen and oxygen atoms in total. The fraction of sp³-hybridized carbons (Fsp3) is 0.0455. The Labute approximate surface area is 205 Å². The summed E-state index contributed by atoms with van der Waals surface area (Å²) in [5, 5.41) is 10.1. The van der Waals surface area contributed by atoms with E-state index < -0.39 is 0 Å². The van der Waals surface area contributed by atoms with Crippen molar-refractivity contribution in [1.29, 1.82) is 5.26 Å². The number of nitrogens with zero attached hydrogens (tertiary/aromatic N) is 1. The van der Waals surface area contributed by atoms with Crippen molar-refractivity contribution in [3.63, 3.8) is 0 Å². The normalized spacial score (nSPS) is 11.2. The van der Waals surface area contributed by atoms with Gasteiger partial charge in [0.2, 0.25) is 0 Å². The van der Waals surface area contributed by atoms with E-state index in [1.165, 1.54) is 0 Å². The molecule has 0 saturated carbocycles. The number of hydrogen-bond acceptors (Lipinski definition) is 2. The largest absolute Gasteiger partial charge is 0.487 e. The first-order chi connectivity index (χ1) is 13.5. The molecule has 3 aromatic carbocycles. The number of allylic oxidation sites excluding steroid dienone is 1. The Morgan fingerprint density at radius 2 is 1.71 bits per heavy atom. The van der Waals surface area contributed by atoms with Gasteiger partial charge in [-0.1, -0.05) is 57.9 Å². The van der Waals surface area contributed by atoms with Gasteiger partial charge in [0.1, 0.15) is 12.4 Å². The third kappa shape index (κ3) is 5.50. The molecule has 0 aliphatic carbocycles. The summed E-state index contributed by atoms with van der Waals surface area (Å²) in [7, 11) is 0. The van der Waals surface area contributed by atoms with E-state index in [-0.39, 0.29) is 0 Å². The molecule has 0 aliphatic heterocycles. The summed E-state index contributed by atoms with van der Waals surface area (Å²) in [4.78, 5) is 0. The van der Waals surface area contributed by atoms with E-state index in [4.69, 9.17) is 16.3 Å². The van der Waals surface area contributed by atoms with E-state index in [0.717, 1.165) is 34.1 Å². The lowest BCUT2D eigenvalue weighted by molar-refractivity contribution is 0.301. The second-order valence-corrected chi connectivity index (χ2v) is 9.53. The van der Waals surface area contributed by atoms with Crippen molar-refractivity contribution in [2.24, 2.45) is 0 Å². The molecule has 6 heteroatoms. The smallest absolute Gasteiger partial charge is 0.146 e. The standard InChI is InChI=1S/C22H13BrClI2NO/c23-17-7-5-14(6-8-17)13-28-22-20(25)10-15(11-21(22)26)9-16(12-27)18-3-1-2-4-19(18)24/h1-11H,13H2. The van der Waals surface area contributed by atoms with Gasteiger partial charge in [-0.25, -0.2) is 0 Å². The van der Waals surface area contributed by atoms with Crippen molar-refractivity contribution in [3.05, 3.63) is 94.0 Å². The Kier molecular flexibility index (Phi) is 7.80. The van der Waals surface area contributed by atoms with Crippen LogP contribution in [0.5, 0.6) is 5.75 Å². The van der Waals surface area contributed by atoms with Crippen molar-refractivity contribution in [2.45, 2.75) is 6.61 Å². The first-order valence-corrected chi connectivity index (χ1v) is 11.5. The summed E-state index contributed by atoms with van der Waals surface area (Å²) in [5.41, 5.74) is 3.29. The van der Waals surface area contributed by atoms with Crippen molar-refractivity contribution >= 4 is 84.4 Å². The van der Waals surface area contributed by atoms with Crippen LogP contribution in [0.3, 0.4) is 0 Å². The Morgan fingerprint density at radius 1 is 1.07 bits per heavy atom. The van der Waals surface area contributed by atoms with Crippen molar-refractivity contribution in [3.8, 4) is 11.8 Å². The first kappa shape index (κ1) is 21.6. The molecule has 0 atom stereocenters. The monoisotopic (exact) mass is 675 g/mol. The summed E-state index contributed by atoms with van der Waals surface area (Å²) in [5.74, 6) is 0.845. The van der Waals surface area contributed by atoms with Crippen molar-refractivity contribution < 1.29 is 4.74 Å². The zero-order chi connectivity index (χ0) is 20.1. The van der Waals surface area contributed by atoms with Gasteiger partial charge in [-0.15, -0.1) is 0 Å². The summed E-state index contributed by atoms with van der Waals surface area (Å²) in [6.07, 6.45) is 1.85. The molecule has 28 heavy (non-hydrogen) atoms. The molecule has 0 N–H and O–H groups in total. The molecule has 0 aliphatic rings. The van der Waals surface area contributed by atoms with Gasteiger partial charge in [-0.3, -0.25) is 0 Å². The summed E-state index contributed by atoms with van der Waals surface area (Å²) in [6, 6.07) is 21.7. The fourth-order valence-corrected chi connectivity index (χ4v) is 5.18. The average Bonchev–Trinajstić information content (AvgIpc) is 2.67. The predicted octanol–water partition coefficient (Wildman–Crippen LogP) is 7.95. The highest BCUT2D eigenvalue weighted by molar-refractivity contribution is 14.1. The number of rotatable bonds is 5. The van der Waals surface area contributed by atoms with Crippen LogP contribution in [0.4, 0.5) is 0 Å². The van der Waals surface area contributed by atoms with Crippen LogP contribution in [0.2, 0.25) is 5.02 Å². The molecular weight excluding hydrogens is 663 g/mol. The second kappa shape index (κ2) is 10.1. The Morgan fingerprint density at radius 3 is 2.32 bits per heavy atom. The zero-order valence-electron chi connectivity index (χ0n) is 14.4. The zero-order valence-corrected chi connectivity index (χ0v) is 21.1. The molecule has 3 aromatic rings. The number of ether oxygens (including phenoxy) is 1. The van der Waals surface area contributed by atoms with Gasteiger partial charge in [-0.05, 0) is 92.7 Å². The van der Waals surface area contributed by atoms with E-state index >= 15 is 0 Å². The molecule has 0 radical (unpaired) electrons. The molecule has 140 valence electrons. The molecule has 0 spiro atoms. The first-order valence-electron chi connectivity index (χ1n) is 8.21. The number of benzene rings is 3. The summed E-state index contributed by atoms with van der Waals surface area (Å²) < 4.78 is 9.07. The maximum absolute atomic E-state index is 9.58. The lowest BCUT2D eigenvalue weighted by atomic mass is 10.0. The average molecular weight is 677 g/mol. The Hall–Kier alpha value is -1.08. The van der Waals surface area contributed by atoms with Crippen LogP contribution in [-0.2, 0) is 6.61 Å². The lowest BCUT2D eigenvalue weighted by Gasteiger charge is -2.12. The van der Waals surface area contributed by atoms with Gasteiger partial charge >= 0.3 is 0 Å². The fourth-order valence-electron chi connectivity index (χ4n) is 2.55. The molecule has 0 aromatic heterocycles. The highest BCUT2D eigenvalue weighted by atomic mass is 127. The van der Waals surface area contributed by atoms with Crippen LogP contribution < -0.4 is 4.74 Å². The van der Waals surface area contributed by atoms with Crippen LogP contribution in [0.15, 0.2) is 65.1 Å². The van der Waals surface area contributed by atoms with Gasteiger partial charge in [-0.2, -0.15) is 5.26 Å². The van der Waals surface area contributed by atoms with E-state index in [0.29, 0.717) is 17.2 Å². The van der Waals surface area contributed by atoms with E-state index in [1.807, 2.05) is 60.7 Å². The minimum atomic E-state index is 0.498. The Balaban J connectivity index is 1.86. The minimum Gasteiger partial charge on any atom is -0.487 e. The van der Waals surface area contributed by atoms with Crippen LogP contribution in [-0.4, -0.2) is 0 Å². The van der Waals surface area contributed by atoms with Crippen LogP contribution in [0.1, 0.15) is 16.7 Å².